The molecule has 9 aromatic carbocycles. The van der Waals surface area contributed by atoms with Crippen LogP contribution in [0.4, 0.5) is 45.5 Å². The van der Waals surface area contributed by atoms with Crippen LogP contribution in [-0.4, -0.2) is 83.5 Å². The molecule has 0 amide bonds. The normalized spacial score (nSPS) is 13.0. The Morgan fingerprint density at radius 1 is 0.415 bits per heavy atom. The molecule has 0 spiro atoms. The molecule has 0 heterocycles. The fourth-order valence-electron chi connectivity index (χ4n) is 8.13. The summed E-state index contributed by atoms with van der Waals surface area (Å²) in [4.78, 5) is -5.63. The molecule has 0 radical (unpaired) electrons. The van der Waals surface area contributed by atoms with E-state index in [1.807, 2.05) is 0 Å². The minimum absolute atomic E-state index is 0.0476. The van der Waals surface area contributed by atoms with Crippen LogP contribution in [0.2, 0.25) is 0 Å². The maximum absolute atomic E-state index is 13.4. The first-order chi connectivity index (χ1) is 38.3. The summed E-state index contributed by atoms with van der Waals surface area (Å²) in [5, 5.41) is 47.2. The number of aromatic hydroxyl groups is 2. The van der Waals surface area contributed by atoms with Gasteiger partial charge in [0.05, 0.1) is 16.3 Å². The minimum Gasteiger partial charge on any atom is -0.505 e. The molecule has 0 aliphatic carbocycles. The Morgan fingerprint density at radius 3 is 1.61 bits per heavy atom. The van der Waals surface area contributed by atoms with Gasteiger partial charge < -0.3 is 19.7 Å². The molecule has 0 aliphatic heterocycles. The van der Waals surface area contributed by atoms with Gasteiger partial charge >= 0.3 is 10.1 Å². The number of benzene rings is 9. The van der Waals surface area contributed by atoms with Gasteiger partial charge in [-0.3, -0.25) is 22.8 Å². The number of para-hydroxylation sites is 1. The van der Waals surface area contributed by atoms with Crippen LogP contribution in [0.1, 0.15) is 5.56 Å². The first-order valence-electron chi connectivity index (χ1n) is 22.6. The van der Waals surface area contributed by atoms with Crippen LogP contribution in [-0.2, 0) is 60.7 Å². The summed E-state index contributed by atoms with van der Waals surface area (Å²) in [5.41, 5.74) is -2.73. The molecule has 8 N–H and O–H groups in total. The lowest BCUT2D eigenvalue weighted by Crippen LogP contribution is -2.11. The van der Waals surface area contributed by atoms with E-state index < -0.39 is 147 Å². The number of azo groups is 3. The van der Waals surface area contributed by atoms with E-state index in [0.717, 1.165) is 54.6 Å². The molecule has 9 rings (SSSR count). The third-order valence-corrected chi connectivity index (χ3v) is 17.5. The molecule has 0 saturated carbocycles. The molecule has 0 aliphatic rings. The number of phenols is 2. The lowest BCUT2D eigenvalue weighted by atomic mass is 10.0. The highest BCUT2D eigenvalue weighted by Gasteiger charge is 2.29. The molecule has 422 valence electrons. The molecule has 0 fully saturated rings. The van der Waals surface area contributed by atoms with Crippen molar-refractivity contribution in [2.24, 2.45) is 30.7 Å². The highest BCUT2D eigenvalue weighted by molar-refractivity contribution is 7.87. The number of nitrogens with zero attached hydrogens (tertiary/aromatic N) is 6. The monoisotopic (exact) mass is 1230 g/mol. The molecule has 0 aromatic heterocycles. The average Bonchev–Trinajstić information content (AvgIpc) is 1.85. The van der Waals surface area contributed by atoms with Crippen LogP contribution in [0.15, 0.2) is 206 Å². The molecule has 33 heteroatoms. The quantitative estimate of drug-likeness (QED) is 0.0253. The highest BCUT2D eigenvalue weighted by atomic mass is 32.2. The van der Waals surface area contributed by atoms with E-state index in [2.05, 4.69) is 36.0 Å². The van der Waals surface area contributed by atoms with E-state index in [-0.39, 0.29) is 32.9 Å². The summed E-state index contributed by atoms with van der Waals surface area (Å²) in [6, 6.07) is 28.4. The van der Waals surface area contributed by atoms with Gasteiger partial charge in [-0.15, -0.1) is 25.6 Å². The standard InChI is InChI=1S/C49H35N7O20S6/c1-26-11-14-30(15-12-26)82(74,75)76-40-24-31(77(59,60)61)23-36-33(40)17-20-39(49(36)81(71,72)73)53-54-44-35-25-43(80(68,69)70)46(48(58)34(35)18-19-38(44)50-28-7-3-2-4-8-28)55-51-29-13-16-32-27(21-29)22-42(79(65,66)67)45(47(32)57)56-52-37-9-5-6-10-41(37)78(62,63)64/h2-25,50,57-58H,1H3,(H,59,60,61)(H,62,63,64)(H,65,66,67)(H,68,69,70)(H,71,72,73). The number of fused-ring (bicyclic) bond motifs is 3. The summed E-state index contributed by atoms with van der Waals surface area (Å²) < 4.78 is 210. The number of anilines is 2. The summed E-state index contributed by atoms with van der Waals surface area (Å²) in [5.74, 6) is -2.73. The van der Waals surface area contributed by atoms with Gasteiger partial charge in [-0.2, -0.15) is 55.6 Å². The molecule has 82 heavy (non-hydrogen) atoms. The zero-order chi connectivity index (χ0) is 59.5. The smallest absolute Gasteiger partial charge is 0.339 e. The van der Waals surface area contributed by atoms with Crippen LogP contribution >= 0.6 is 0 Å². The van der Waals surface area contributed by atoms with Crippen molar-refractivity contribution < 1.29 is 87.7 Å². The number of phenolic OH excluding ortho intramolecular Hbond substituents is 2. The highest BCUT2D eigenvalue weighted by Crippen LogP contribution is 2.49. The Morgan fingerprint density at radius 2 is 0.976 bits per heavy atom. The topological polar surface area (TPSA) is 442 Å². The van der Waals surface area contributed by atoms with Crippen LogP contribution in [0.25, 0.3) is 32.3 Å². The van der Waals surface area contributed by atoms with Crippen LogP contribution in [0.5, 0.6) is 17.2 Å². The van der Waals surface area contributed by atoms with Crippen molar-refractivity contribution in [3.8, 4) is 17.2 Å². The number of rotatable bonds is 16. The Labute approximate surface area is 464 Å². The van der Waals surface area contributed by atoms with E-state index in [4.69, 9.17) is 4.18 Å². The molecular weight excluding hydrogens is 1200 g/mol. The number of aryl methyl sites for hydroxylation is 1. The second kappa shape index (κ2) is 21.3. The number of hydrogen-bond donors (Lipinski definition) is 8. The first-order valence-corrected chi connectivity index (χ1v) is 31.2. The Balaban J connectivity index is 1.19. The van der Waals surface area contributed by atoms with Gasteiger partial charge in [0.25, 0.3) is 50.6 Å². The van der Waals surface area contributed by atoms with Gasteiger partial charge in [-0.25, -0.2) is 0 Å². The minimum atomic E-state index is -5.56. The number of nitrogens with one attached hydrogen (secondary N) is 1. The lowest BCUT2D eigenvalue weighted by Gasteiger charge is -2.15. The van der Waals surface area contributed by atoms with Gasteiger partial charge in [0, 0.05) is 38.7 Å². The zero-order valence-electron chi connectivity index (χ0n) is 40.9. The maximum atomic E-state index is 13.4. The summed E-state index contributed by atoms with van der Waals surface area (Å²) in [7, 11) is -31.2. The maximum Gasteiger partial charge on any atom is 0.339 e. The second-order valence-corrected chi connectivity index (χ2v) is 25.8. The molecular formula is C49H35N7O20S6. The van der Waals surface area contributed by atoms with Crippen LogP contribution in [0.3, 0.4) is 0 Å². The van der Waals surface area contributed by atoms with Gasteiger partial charge in [-0.05, 0) is 109 Å². The summed E-state index contributed by atoms with van der Waals surface area (Å²) in [6.45, 7) is 1.67. The molecule has 0 bridgehead atoms. The SMILES string of the molecule is Cc1ccc(S(=O)(=O)Oc2cc(S(=O)(=O)O)cc3c(S(=O)(=O)O)c(N=Nc4c(Nc5ccccc5)ccc5c(O)c(N=Nc6ccc7c(O)c(N=Nc8ccccc8S(=O)(=O)O)c(S(=O)(=O)O)cc7c6)c(S(=O)(=O)O)cc45)ccc23)cc1. The third kappa shape index (κ3) is 12.0. The van der Waals surface area contributed by atoms with Crippen molar-refractivity contribution in [3.63, 3.8) is 0 Å². The zero-order valence-corrected chi connectivity index (χ0v) is 45.8. The molecule has 0 unspecified atom stereocenters. The van der Waals surface area contributed by atoms with E-state index in [0.29, 0.717) is 23.4 Å². The van der Waals surface area contributed by atoms with Gasteiger partial charge in [0.1, 0.15) is 52.9 Å². The lowest BCUT2D eigenvalue weighted by molar-refractivity contribution is 0.472. The Hall–Kier alpha value is -8.74. The van der Waals surface area contributed by atoms with Crippen molar-refractivity contribution >= 4 is 139 Å². The van der Waals surface area contributed by atoms with Gasteiger partial charge in [0.2, 0.25) is 0 Å². The molecule has 9 aromatic rings. The van der Waals surface area contributed by atoms with Crippen molar-refractivity contribution in [1.29, 1.82) is 0 Å². The molecule has 0 atom stereocenters. The summed E-state index contributed by atoms with van der Waals surface area (Å²) in [6.07, 6.45) is 0. The van der Waals surface area contributed by atoms with Gasteiger partial charge in [-0.1, -0.05) is 48.0 Å². The molecule has 27 nitrogen and oxygen atoms in total. The first kappa shape index (κ1) is 57.9. The Bertz CT molecular complexity index is 4990. The Kier molecular flexibility index (Phi) is 15.0. The van der Waals surface area contributed by atoms with E-state index in [1.54, 1.807) is 37.3 Å². The predicted octanol–water partition coefficient (Wildman–Crippen LogP) is 10.9. The van der Waals surface area contributed by atoms with E-state index >= 15 is 0 Å². The van der Waals surface area contributed by atoms with Crippen LogP contribution < -0.4 is 9.50 Å². The largest absolute Gasteiger partial charge is 0.505 e. The van der Waals surface area contributed by atoms with Crippen molar-refractivity contribution in [2.75, 3.05) is 5.32 Å². The summed E-state index contributed by atoms with van der Waals surface area (Å²) >= 11 is 0. The second-order valence-electron chi connectivity index (χ2n) is 17.3. The van der Waals surface area contributed by atoms with Crippen LogP contribution in [0, 0.1) is 6.92 Å². The fraction of sp³-hybridized carbons (Fsp3) is 0.0204. The van der Waals surface area contributed by atoms with Gasteiger partial charge in [0.15, 0.2) is 17.2 Å². The van der Waals surface area contributed by atoms with Crippen molar-refractivity contribution in [3.05, 3.63) is 151 Å². The molecule has 0 saturated heterocycles. The predicted molar refractivity (Wildman–Crippen MR) is 292 cm³/mol. The van der Waals surface area contributed by atoms with Crippen molar-refractivity contribution in [2.45, 2.75) is 36.3 Å². The van der Waals surface area contributed by atoms with E-state index in [9.17, 15) is 83.5 Å². The number of hydrogen-bond acceptors (Lipinski definition) is 22. The van der Waals surface area contributed by atoms with E-state index in [1.165, 1.54) is 48.5 Å². The third-order valence-electron chi connectivity index (χ3n) is 11.8. The van der Waals surface area contributed by atoms with Crippen molar-refractivity contribution in [1.82, 2.24) is 0 Å². The average molecular weight is 1230 g/mol. The fourth-order valence-corrected chi connectivity index (χ4v) is 12.3.